The molecule has 1 saturated carbocycles. The normalized spacial score (nSPS) is 23.1. The third-order valence-electron chi connectivity index (χ3n) is 7.83. The van der Waals surface area contributed by atoms with Crippen LogP contribution in [0.2, 0.25) is 0 Å². The lowest BCUT2D eigenvalue weighted by Crippen LogP contribution is -2.55. The molecule has 5 rings (SSSR count). The Morgan fingerprint density at radius 3 is 2.48 bits per heavy atom. The van der Waals surface area contributed by atoms with E-state index in [1.165, 1.54) is 17.5 Å². The molecule has 0 spiro atoms. The minimum absolute atomic E-state index is 0.0189. The first kappa shape index (κ1) is 29.8. The van der Waals surface area contributed by atoms with E-state index in [2.05, 4.69) is 25.5 Å². The highest BCUT2D eigenvalue weighted by Crippen LogP contribution is 2.39. The van der Waals surface area contributed by atoms with Crippen LogP contribution >= 0.6 is 11.3 Å². The van der Waals surface area contributed by atoms with Gasteiger partial charge in [0.05, 0.1) is 16.9 Å². The summed E-state index contributed by atoms with van der Waals surface area (Å²) in [6, 6.07) is 2.67. The van der Waals surface area contributed by atoms with Crippen molar-refractivity contribution < 1.29 is 31.9 Å². The summed E-state index contributed by atoms with van der Waals surface area (Å²) in [4.78, 5) is 49.1. The second kappa shape index (κ2) is 11.6. The van der Waals surface area contributed by atoms with E-state index < -0.39 is 35.3 Å². The van der Waals surface area contributed by atoms with Gasteiger partial charge in [-0.2, -0.15) is 13.2 Å². The molecule has 224 valence electrons. The highest BCUT2D eigenvalue weighted by atomic mass is 32.1. The molecule has 1 saturated heterocycles. The van der Waals surface area contributed by atoms with Crippen molar-refractivity contribution in [3.8, 4) is 10.6 Å². The second-order valence-electron chi connectivity index (χ2n) is 11.0. The molecular formula is C28H30F4N6O3S. The van der Waals surface area contributed by atoms with Crippen LogP contribution < -0.4 is 15.5 Å². The smallest absolute Gasteiger partial charge is 0.367 e. The van der Waals surface area contributed by atoms with Gasteiger partial charge in [-0.05, 0) is 45.7 Å². The SMILES string of the molecule is C[C@@H]1CN(c2cc(F)c(-c3nc(C(=O)NCC4CC4)cs3)cc2NC(=O)C2C=NC(=O)C=C2C(F)(F)F)C[C@H](C)N1C. The van der Waals surface area contributed by atoms with Crippen molar-refractivity contribution >= 4 is 46.6 Å². The topological polar surface area (TPSA) is 107 Å². The molecule has 1 unspecified atom stereocenters. The van der Waals surface area contributed by atoms with E-state index in [1.54, 1.807) is 0 Å². The zero-order valence-electron chi connectivity index (χ0n) is 23.2. The standard InChI is InChI=1S/C28H30F4N6O3S/c1-14-11-38(12-15(2)37(14)3)23-8-20(29)17(27-36-22(13-42-27)26(41)34-9-16-4-5-16)6-21(23)35-25(40)18-10-33-24(39)7-19(18)28(30,31)32/h6-8,10,13-16,18H,4-5,9,11-12H2,1-3H3,(H,34,41)(H,35,40)/t14-,15+,18?. The van der Waals surface area contributed by atoms with Crippen LogP contribution in [0.5, 0.6) is 0 Å². The Morgan fingerprint density at radius 1 is 1.14 bits per heavy atom. The highest BCUT2D eigenvalue weighted by molar-refractivity contribution is 7.13. The number of aliphatic imine (C=N–C) groups is 1. The molecule has 2 N–H and O–H groups in total. The molecule has 3 amide bonds. The quantitative estimate of drug-likeness (QED) is 0.456. The van der Waals surface area contributed by atoms with Crippen LogP contribution in [0, 0.1) is 17.7 Å². The van der Waals surface area contributed by atoms with Gasteiger partial charge in [-0.15, -0.1) is 11.3 Å². The summed E-state index contributed by atoms with van der Waals surface area (Å²) < 4.78 is 56.8. The predicted molar refractivity (Wildman–Crippen MR) is 151 cm³/mol. The average molecular weight is 607 g/mol. The number of halogens is 4. The van der Waals surface area contributed by atoms with Gasteiger partial charge in [0.15, 0.2) is 0 Å². The predicted octanol–water partition coefficient (Wildman–Crippen LogP) is 4.27. The minimum atomic E-state index is -4.94. The van der Waals surface area contributed by atoms with E-state index in [0.29, 0.717) is 37.8 Å². The van der Waals surface area contributed by atoms with Gasteiger partial charge in [-0.1, -0.05) is 0 Å². The first-order chi connectivity index (χ1) is 19.8. The number of benzene rings is 1. The number of likely N-dealkylation sites (N-methyl/N-ethyl adjacent to an activating group) is 1. The van der Waals surface area contributed by atoms with E-state index >= 15 is 4.39 Å². The van der Waals surface area contributed by atoms with Crippen LogP contribution in [-0.2, 0) is 9.59 Å². The van der Waals surface area contributed by atoms with Crippen molar-refractivity contribution in [2.24, 2.45) is 16.8 Å². The molecule has 42 heavy (non-hydrogen) atoms. The van der Waals surface area contributed by atoms with Crippen molar-refractivity contribution in [1.29, 1.82) is 0 Å². The van der Waals surface area contributed by atoms with E-state index in [4.69, 9.17) is 0 Å². The summed E-state index contributed by atoms with van der Waals surface area (Å²) in [5.74, 6) is -4.66. The largest absolute Gasteiger partial charge is 0.414 e. The summed E-state index contributed by atoms with van der Waals surface area (Å²) in [5, 5.41) is 7.02. The Kier molecular flexibility index (Phi) is 8.21. The molecule has 2 aliphatic heterocycles. The van der Waals surface area contributed by atoms with Gasteiger partial charge in [-0.3, -0.25) is 19.3 Å². The van der Waals surface area contributed by atoms with Gasteiger partial charge in [0, 0.05) is 61.0 Å². The average Bonchev–Trinajstić information content (AvgIpc) is 3.63. The lowest BCUT2D eigenvalue weighted by atomic mass is 9.95. The van der Waals surface area contributed by atoms with E-state index in [0.717, 1.165) is 24.2 Å². The van der Waals surface area contributed by atoms with Gasteiger partial charge in [0.1, 0.15) is 22.4 Å². The van der Waals surface area contributed by atoms with E-state index in [1.807, 2.05) is 25.8 Å². The van der Waals surface area contributed by atoms with Gasteiger partial charge in [0.2, 0.25) is 5.91 Å². The number of piperazine rings is 1. The third kappa shape index (κ3) is 6.38. The van der Waals surface area contributed by atoms with Gasteiger partial charge in [-0.25, -0.2) is 14.4 Å². The summed E-state index contributed by atoms with van der Waals surface area (Å²) in [5.41, 5.74) is -0.879. The molecule has 1 aromatic heterocycles. The summed E-state index contributed by atoms with van der Waals surface area (Å²) in [6.45, 7) is 5.47. The zero-order chi connectivity index (χ0) is 30.3. The number of anilines is 2. The number of carbonyl (C=O) groups is 3. The third-order valence-corrected chi connectivity index (χ3v) is 8.71. The maximum Gasteiger partial charge on any atom is 0.414 e. The molecule has 0 bridgehead atoms. The van der Waals surface area contributed by atoms with Crippen LogP contribution in [0.25, 0.3) is 10.6 Å². The number of hydrogen-bond donors (Lipinski definition) is 2. The second-order valence-corrected chi connectivity index (χ2v) is 11.8. The number of hydrogen-bond acceptors (Lipinski definition) is 7. The lowest BCUT2D eigenvalue weighted by molar-refractivity contribution is -0.124. The number of amides is 3. The van der Waals surface area contributed by atoms with Crippen LogP contribution in [0.4, 0.5) is 28.9 Å². The Hall–Kier alpha value is -3.65. The fourth-order valence-corrected chi connectivity index (χ4v) is 5.82. The first-order valence-corrected chi connectivity index (χ1v) is 14.4. The Labute approximate surface area is 243 Å². The Balaban J connectivity index is 1.49. The molecule has 2 aromatic rings. The molecule has 3 atom stereocenters. The molecule has 3 aliphatic rings. The number of nitrogens with one attached hydrogen (secondary N) is 2. The monoisotopic (exact) mass is 606 g/mol. The fraction of sp³-hybridized carbons (Fsp3) is 0.464. The number of carbonyl (C=O) groups excluding carboxylic acids is 3. The maximum absolute atomic E-state index is 15.7. The van der Waals surface area contributed by atoms with Gasteiger partial charge < -0.3 is 15.5 Å². The maximum atomic E-state index is 15.7. The van der Waals surface area contributed by atoms with E-state index in [9.17, 15) is 27.6 Å². The van der Waals surface area contributed by atoms with Crippen molar-refractivity contribution in [2.45, 2.75) is 44.9 Å². The molecule has 0 radical (unpaired) electrons. The zero-order valence-corrected chi connectivity index (χ0v) is 24.0. The molecule has 14 heteroatoms. The molecule has 2 fully saturated rings. The fourth-order valence-electron chi connectivity index (χ4n) is 5.01. The summed E-state index contributed by atoms with van der Waals surface area (Å²) in [6.07, 6.45) is -1.86. The van der Waals surface area contributed by atoms with Crippen molar-refractivity contribution in [3.63, 3.8) is 0 Å². The Bertz CT molecular complexity index is 1460. The van der Waals surface area contributed by atoms with Gasteiger partial charge >= 0.3 is 6.18 Å². The summed E-state index contributed by atoms with van der Waals surface area (Å²) in [7, 11) is 1.97. The number of alkyl halides is 3. The molecular weight excluding hydrogens is 576 g/mol. The van der Waals surface area contributed by atoms with Crippen LogP contribution in [0.1, 0.15) is 37.2 Å². The number of aromatic nitrogens is 1. The number of nitrogens with zero attached hydrogens (tertiary/aromatic N) is 4. The highest BCUT2D eigenvalue weighted by Gasteiger charge is 2.43. The summed E-state index contributed by atoms with van der Waals surface area (Å²) >= 11 is 1.04. The van der Waals surface area contributed by atoms with Crippen LogP contribution in [0.15, 0.2) is 34.2 Å². The molecule has 9 nitrogen and oxygen atoms in total. The van der Waals surface area contributed by atoms with Crippen LogP contribution in [-0.4, -0.2) is 78.8 Å². The van der Waals surface area contributed by atoms with Gasteiger partial charge in [0.25, 0.3) is 11.8 Å². The van der Waals surface area contributed by atoms with Crippen molar-refractivity contribution in [2.75, 3.05) is 36.9 Å². The Morgan fingerprint density at radius 2 is 1.83 bits per heavy atom. The molecule has 3 heterocycles. The first-order valence-electron chi connectivity index (χ1n) is 13.5. The molecule has 1 aromatic carbocycles. The molecule has 1 aliphatic carbocycles. The van der Waals surface area contributed by atoms with Crippen LogP contribution in [0.3, 0.4) is 0 Å². The lowest BCUT2D eigenvalue weighted by Gasteiger charge is -2.44. The number of thiazole rings is 1. The number of rotatable bonds is 7. The van der Waals surface area contributed by atoms with Crippen molar-refractivity contribution in [1.82, 2.24) is 15.2 Å². The number of dihydropyridines is 1. The minimum Gasteiger partial charge on any atom is -0.367 e. The van der Waals surface area contributed by atoms with E-state index in [-0.39, 0.29) is 45.6 Å². The van der Waals surface area contributed by atoms with Crippen molar-refractivity contribution in [3.05, 3.63) is 40.7 Å².